The molecule has 0 amide bonds. The van der Waals surface area contributed by atoms with Gasteiger partial charge < -0.3 is 10.1 Å². The van der Waals surface area contributed by atoms with E-state index in [2.05, 4.69) is 5.32 Å². The molecule has 0 aromatic heterocycles. The van der Waals surface area contributed by atoms with Crippen LogP contribution in [-0.2, 0) is 0 Å². The number of hydrogen-bond donors (Lipinski definition) is 1. The molecule has 0 saturated heterocycles. The summed E-state index contributed by atoms with van der Waals surface area (Å²) in [5, 5.41) is 3.34. The Kier molecular flexibility index (Phi) is 4.74. The normalized spacial score (nSPS) is 12.2. The minimum Gasteiger partial charge on any atom is -0.496 e. The van der Waals surface area contributed by atoms with E-state index in [4.69, 9.17) is 4.74 Å². The zero-order valence-corrected chi connectivity index (χ0v) is 12.1. The summed E-state index contributed by atoms with van der Waals surface area (Å²) in [6.45, 7) is 4.78. The third-order valence-corrected chi connectivity index (χ3v) is 3.38. The van der Waals surface area contributed by atoms with E-state index in [9.17, 15) is 4.39 Å². The average molecular weight is 273 g/mol. The molecule has 106 valence electrons. The van der Waals surface area contributed by atoms with Gasteiger partial charge in [0.2, 0.25) is 0 Å². The molecule has 0 aliphatic heterocycles. The van der Waals surface area contributed by atoms with Crippen molar-refractivity contribution in [2.24, 2.45) is 0 Å². The van der Waals surface area contributed by atoms with Crippen LogP contribution in [0.5, 0.6) is 5.75 Å². The lowest BCUT2D eigenvalue weighted by atomic mass is 9.96. The zero-order chi connectivity index (χ0) is 14.5. The largest absolute Gasteiger partial charge is 0.496 e. The summed E-state index contributed by atoms with van der Waals surface area (Å²) < 4.78 is 19.3. The number of hydrogen-bond acceptors (Lipinski definition) is 2. The van der Waals surface area contributed by atoms with E-state index in [1.54, 1.807) is 13.2 Å². The Morgan fingerprint density at radius 3 is 2.55 bits per heavy atom. The van der Waals surface area contributed by atoms with Gasteiger partial charge in [0, 0.05) is 5.56 Å². The molecule has 2 aromatic carbocycles. The van der Waals surface area contributed by atoms with Crippen LogP contribution in [0.2, 0.25) is 0 Å². The molecule has 2 rings (SSSR count). The minimum absolute atomic E-state index is 0.147. The first-order valence-electron chi connectivity index (χ1n) is 6.79. The van der Waals surface area contributed by atoms with Gasteiger partial charge in [-0.3, -0.25) is 0 Å². The lowest BCUT2D eigenvalue weighted by Crippen LogP contribution is -2.23. The monoisotopic (exact) mass is 273 g/mol. The molecule has 1 unspecified atom stereocenters. The lowest BCUT2D eigenvalue weighted by Gasteiger charge is -2.20. The van der Waals surface area contributed by atoms with Crippen LogP contribution >= 0.6 is 0 Å². The topological polar surface area (TPSA) is 21.3 Å². The first-order chi connectivity index (χ1) is 9.67. The van der Waals surface area contributed by atoms with Crippen LogP contribution in [0.15, 0.2) is 42.5 Å². The summed E-state index contributed by atoms with van der Waals surface area (Å²) in [5.41, 5.74) is 2.75. The fourth-order valence-electron chi connectivity index (χ4n) is 2.40. The van der Waals surface area contributed by atoms with E-state index < -0.39 is 0 Å². The van der Waals surface area contributed by atoms with Gasteiger partial charge in [-0.2, -0.15) is 0 Å². The Bertz CT molecular complexity index is 583. The van der Waals surface area contributed by atoms with Crippen LogP contribution < -0.4 is 10.1 Å². The smallest absolute Gasteiger partial charge is 0.128 e. The third kappa shape index (κ3) is 2.99. The fourth-order valence-corrected chi connectivity index (χ4v) is 2.40. The van der Waals surface area contributed by atoms with Crippen LogP contribution in [0.1, 0.15) is 29.7 Å². The molecule has 1 N–H and O–H groups in total. The second kappa shape index (κ2) is 6.53. The summed E-state index contributed by atoms with van der Waals surface area (Å²) in [6.07, 6.45) is 0. The molecule has 0 bridgehead atoms. The number of halogens is 1. The highest BCUT2D eigenvalue weighted by atomic mass is 19.1. The van der Waals surface area contributed by atoms with Gasteiger partial charge in [-0.05, 0) is 36.7 Å². The summed E-state index contributed by atoms with van der Waals surface area (Å²) in [5.74, 6) is 0.657. The Labute approximate surface area is 119 Å². The van der Waals surface area contributed by atoms with Crippen molar-refractivity contribution in [1.29, 1.82) is 0 Å². The van der Waals surface area contributed by atoms with Crippen molar-refractivity contribution in [2.75, 3.05) is 13.7 Å². The molecule has 0 heterocycles. The van der Waals surface area contributed by atoms with Crippen molar-refractivity contribution in [2.45, 2.75) is 19.9 Å². The Morgan fingerprint density at radius 1 is 1.20 bits per heavy atom. The van der Waals surface area contributed by atoms with Crippen molar-refractivity contribution in [3.8, 4) is 5.75 Å². The predicted molar refractivity (Wildman–Crippen MR) is 79.7 cm³/mol. The van der Waals surface area contributed by atoms with E-state index in [1.165, 1.54) is 6.07 Å². The highest BCUT2D eigenvalue weighted by molar-refractivity contribution is 5.41. The fraction of sp³-hybridized carbons (Fsp3) is 0.294. The molecule has 2 nitrogen and oxygen atoms in total. The number of nitrogens with one attached hydrogen (secondary N) is 1. The van der Waals surface area contributed by atoms with E-state index in [0.29, 0.717) is 5.56 Å². The molecule has 0 saturated carbocycles. The van der Waals surface area contributed by atoms with Gasteiger partial charge in [0.1, 0.15) is 11.6 Å². The van der Waals surface area contributed by atoms with Crippen LogP contribution in [0.25, 0.3) is 0 Å². The highest BCUT2D eigenvalue weighted by Crippen LogP contribution is 2.28. The van der Waals surface area contributed by atoms with Crippen molar-refractivity contribution >= 4 is 0 Å². The summed E-state index contributed by atoms with van der Waals surface area (Å²) >= 11 is 0. The summed E-state index contributed by atoms with van der Waals surface area (Å²) in [4.78, 5) is 0. The molecule has 0 aliphatic rings. The number of rotatable bonds is 5. The molecular formula is C17H20FNO. The van der Waals surface area contributed by atoms with Gasteiger partial charge in [-0.25, -0.2) is 4.39 Å². The molecule has 0 fully saturated rings. The maximum Gasteiger partial charge on any atom is 0.128 e. The molecule has 1 atom stereocenters. The molecule has 0 spiro atoms. The van der Waals surface area contributed by atoms with Crippen molar-refractivity contribution in [3.63, 3.8) is 0 Å². The SMILES string of the molecule is CCNC(c1ccc(OC)c(C)c1)c1ccccc1F. The van der Waals surface area contributed by atoms with Crippen LogP contribution in [-0.4, -0.2) is 13.7 Å². The number of ether oxygens (including phenoxy) is 1. The molecule has 20 heavy (non-hydrogen) atoms. The quantitative estimate of drug-likeness (QED) is 0.893. The second-order valence-corrected chi connectivity index (χ2v) is 4.74. The summed E-state index contributed by atoms with van der Waals surface area (Å²) in [7, 11) is 1.65. The van der Waals surface area contributed by atoms with E-state index >= 15 is 0 Å². The van der Waals surface area contributed by atoms with E-state index in [0.717, 1.165) is 23.4 Å². The van der Waals surface area contributed by atoms with Crippen molar-refractivity contribution in [1.82, 2.24) is 5.32 Å². The highest BCUT2D eigenvalue weighted by Gasteiger charge is 2.17. The second-order valence-electron chi connectivity index (χ2n) is 4.74. The standard InChI is InChI=1S/C17H20FNO/c1-4-19-17(14-7-5-6-8-15(14)18)13-9-10-16(20-3)12(2)11-13/h5-11,17,19H,4H2,1-3H3. The summed E-state index contributed by atoms with van der Waals surface area (Å²) in [6, 6.07) is 12.7. The number of aryl methyl sites for hydroxylation is 1. The maximum absolute atomic E-state index is 14.0. The van der Waals surface area contributed by atoms with Gasteiger partial charge in [-0.1, -0.05) is 37.3 Å². The molecular weight excluding hydrogens is 253 g/mol. The average Bonchev–Trinajstić information content (AvgIpc) is 2.46. The number of methoxy groups -OCH3 is 1. The first-order valence-corrected chi connectivity index (χ1v) is 6.79. The van der Waals surface area contributed by atoms with Gasteiger partial charge in [0.25, 0.3) is 0 Å². The predicted octanol–water partition coefficient (Wildman–Crippen LogP) is 3.84. The minimum atomic E-state index is -0.188. The van der Waals surface area contributed by atoms with E-state index in [1.807, 2.05) is 44.2 Å². The molecule has 0 radical (unpaired) electrons. The molecule has 2 aromatic rings. The Balaban J connectivity index is 2.43. The van der Waals surface area contributed by atoms with Gasteiger partial charge >= 0.3 is 0 Å². The molecule has 3 heteroatoms. The zero-order valence-electron chi connectivity index (χ0n) is 12.1. The van der Waals surface area contributed by atoms with Gasteiger partial charge in [0.15, 0.2) is 0 Å². The van der Waals surface area contributed by atoms with E-state index in [-0.39, 0.29) is 11.9 Å². The molecule has 0 aliphatic carbocycles. The van der Waals surface area contributed by atoms with Crippen LogP contribution in [0, 0.1) is 12.7 Å². The van der Waals surface area contributed by atoms with Gasteiger partial charge in [-0.15, -0.1) is 0 Å². The van der Waals surface area contributed by atoms with Crippen LogP contribution in [0.4, 0.5) is 4.39 Å². The lowest BCUT2D eigenvalue weighted by molar-refractivity contribution is 0.411. The maximum atomic E-state index is 14.0. The Morgan fingerprint density at radius 2 is 1.95 bits per heavy atom. The number of benzene rings is 2. The van der Waals surface area contributed by atoms with Crippen molar-refractivity contribution in [3.05, 3.63) is 65.0 Å². The third-order valence-electron chi connectivity index (χ3n) is 3.38. The van der Waals surface area contributed by atoms with Crippen molar-refractivity contribution < 1.29 is 9.13 Å². The van der Waals surface area contributed by atoms with Gasteiger partial charge in [0.05, 0.1) is 13.2 Å². The first kappa shape index (κ1) is 14.5. The van der Waals surface area contributed by atoms with Crippen LogP contribution in [0.3, 0.4) is 0 Å². The Hall–Kier alpha value is -1.87.